The van der Waals surface area contributed by atoms with Crippen LogP contribution in [0.15, 0.2) is 51.2 Å². The molecule has 0 amide bonds. The zero-order chi connectivity index (χ0) is 25.5. The molecule has 0 spiro atoms. The van der Waals surface area contributed by atoms with E-state index in [0.29, 0.717) is 11.1 Å². The lowest BCUT2D eigenvalue weighted by atomic mass is 9.86. The summed E-state index contributed by atoms with van der Waals surface area (Å²) in [4.78, 5) is 25.5. The molecule has 4 N–H and O–H groups in total. The van der Waals surface area contributed by atoms with E-state index in [-0.39, 0.29) is 51.5 Å². The van der Waals surface area contributed by atoms with Crippen LogP contribution >= 0.6 is 0 Å². The fraction of sp³-hybridized carbons (Fsp3) is 0.308. The molecular formula is C26H26O9. The van der Waals surface area contributed by atoms with Crippen molar-refractivity contribution in [3.63, 3.8) is 0 Å². The first kappa shape index (κ1) is 24.3. The van der Waals surface area contributed by atoms with Gasteiger partial charge in [-0.25, -0.2) is 4.79 Å². The first-order valence-electron chi connectivity index (χ1n) is 11.0. The quantitative estimate of drug-likeness (QED) is 0.318. The second kappa shape index (κ2) is 9.09. The van der Waals surface area contributed by atoms with Gasteiger partial charge in [-0.2, -0.15) is 0 Å². The number of phenols is 2. The Bertz CT molecular complexity index is 1400. The van der Waals surface area contributed by atoms with Crippen molar-refractivity contribution in [2.24, 2.45) is 0 Å². The lowest BCUT2D eigenvalue weighted by Gasteiger charge is -2.40. The lowest BCUT2D eigenvalue weighted by Crippen LogP contribution is -2.49. The highest BCUT2D eigenvalue weighted by molar-refractivity contribution is 6.01. The van der Waals surface area contributed by atoms with Crippen LogP contribution in [-0.2, 0) is 22.6 Å². The molecule has 3 aromatic rings. The average Bonchev–Trinajstić information content (AvgIpc) is 2.80. The number of esters is 1. The fourth-order valence-corrected chi connectivity index (χ4v) is 4.18. The number of allylic oxidation sites excluding steroid dienone is 1. The average molecular weight is 482 g/mol. The van der Waals surface area contributed by atoms with Gasteiger partial charge in [-0.05, 0) is 38.5 Å². The third kappa shape index (κ3) is 4.24. The smallest absolute Gasteiger partial charge is 0.336 e. The van der Waals surface area contributed by atoms with E-state index in [1.807, 2.05) is 0 Å². The summed E-state index contributed by atoms with van der Waals surface area (Å²) < 4.78 is 17.7. The van der Waals surface area contributed by atoms with Crippen molar-refractivity contribution in [2.75, 3.05) is 6.61 Å². The molecule has 0 saturated heterocycles. The van der Waals surface area contributed by atoms with E-state index in [0.717, 1.165) is 6.07 Å². The van der Waals surface area contributed by atoms with E-state index >= 15 is 0 Å². The number of fused-ring (bicyclic) bond motifs is 2. The molecule has 0 radical (unpaired) electrons. The topological polar surface area (TPSA) is 147 Å². The van der Waals surface area contributed by atoms with Crippen molar-refractivity contribution in [3.05, 3.63) is 63.5 Å². The molecule has 1 aliphatic heterocycles. The van der Waals surface area contributed by atoms with Crippen LogP contribution in [0.3, 0.4) is 0 Å². The summed E-state index contributed by atoms with van der Waals surface area (Å²) in [6, 6.07) is 7.31. The zero-order valence-electron chi connectivity index (χ0n) is 19.5. The standard InChI is InChI=1S/C26H26O9/c1-4-13(11-27)25(32)34-19-10-17-22(31)21-18(30)9-16(12-28)33-24(21)20(23(17)35-26(19,2)3)14-6-5-7-15(29)8-14/h4-9,19,27-29,31H,10-12H2,1-3H3/t19-/m0/s1. The summed E-state index contributed by atoms with van der Waals surface area (Å²) in [7, 11) is 0. The van der Waals surface area contributed by atoms with E-state index in [1.165, 1.54) is 18.2 Å². The van der Waals surface area contributed by atoms with Gasteiger partial charge in [0.15, 0.2) is 11.0 Å². The van der Waals surface area contributed by atoms with Crippen molar-refractivity contribution < 1.29 is 39.1 Å². The van der Waals surface area contributed by atoms with Crippen LogP contribution in [0, 0.1) is 0 Å². The zero-order valence-corrected chi connectivity index (χ0v) is 19.5. The Morgan fingerprint density at radius 3 is 2.60 bits per heavy atom. The molecule has 2 aromatic carbocycles. The molecule has 4 rings (SSSR count). The largest absolute Gasteiger partial charge is 0.508 e. The van der Waals surface area contributed by atoms with Crippen LogP contribution < -0.4 is 10.2 Å². The molecule has 0 saturated carbocycles. The van der Waals surface area contributed by atoms with E-state index in [1.54, 1.807) is 32.9 Å². The third-order valence-corrected chi connectivity index (χ3v) is 6.10. The van der Waals surface area contributed by atoms with Crippen LogP contribution in [0.5, 0.6) is 17.2 Å². The maximum absolute atomic E-state index is 12.9. The number of aliphatic hydroxyl groups excluding tert-OH is 2. The Kier molecular flexibility index (Phi) is 6.31. The molecule has 184 valence electrons. The predicted molar refractivity (Wildman–Crippen MR) is 126 cm³/mol. The minimum absolute atomic E-state index is 0.00523. The van der Waals surface area contributed by atoms with Gasteiger partial charge >= 0.3 is 5.97 Å². The first-order chi connectivity index (χ1) is 16.6. The van der Waals surface area contributed by atoms with E-state index in [4.69, 9.17) is 13.9 Å². The first-order valence-corrected chi connectivity index (χ1v) is 11.0. The highest BCUT2D eigenvalue weighted by Gasteiger charge is 2.43. The molecule has 1 atom stereocenters. The monoisotopic (exact) mass is 482 g/mol. The van der Waals surface area contributed by atoms with Gasteiger partial charge in [0.1, 0.15) is 46.7 Å². The van der Waals surface area contributed by atoms with Crippen LogP contribution in [0.4, 0.5) is 0 Å². The van der Waals surface area contributed by atoms with E-state index < -0.39 is 36.3 Å². The molecule has 0 bridgehead atoms. The molecule has 0 aliphatic carbocycles. The van der Waals surface area contributed by atoms with E-state index in [9.17, 15) is 30.0 Å². The van der Waals surface area contributed by atoms with Gasteiger partial charge in [-0.15, -0.1) is 0 Å². The summed E-state index contributed by atoms with van der Waals surface area (Å²) in [6.45, 7) is 3.98. The van der Waals surface area contributed by atoms with Crippen molar-refractivity contribution in [2.45, 2.75) is 45.5 Å². The number of carbonyl (C=O) groups is 1. The maximum Gasteiger partial charge on any atom is 0.336 e. The van der Waals surface area contributed by atoms with Crippen molar-refractivity contribution in [1.82, 2.24) is 0 Å². The molecule has 35 heavy (non-hydrogen) atoms. The SMILES string of the molecule is CC=C(CO)C(=O)O[C@H]1Cc2c(c(-c3cccc(O)c3)c3oc(CO)cc(=O)c3c2O)OC1(C)C. The number of aromatic hydroxyl groups is 2. The molecular weight excluding hydrogens is 456 g/mol. The Morgan fingerprint density at radius 1 is 1.23 bits per heavy atom. The normalized spacial score (nSPS) is 17.1. The summed E-state index contributed by atoms with van der Waals surface area (Å²) in [5.74, 6) is -0.955. The molecule has 2 heterocycles. The highest BCUT2D eigenvalue weighted by atomic mass is 16.6. The predicted octanol–water partition coefficient (Wildman–Crippen LogP) is 2.93. The van der Waals surface area contributed by atoms with Gasteiger partial charge in [0.25, 0.3) is 0 Å². The number of carbonyl (C=O) groups excluding carboxylic acids is 1. The summed E-state index contributed by atoms with van der Waals surface area (Å²) in [5.41, 5.74) is -0.615. The van der Waals surface area contributed by atoms with Crippen molar-refractivity contribution in [1.29, 1.82) is 0 Å². The Labute approximate surface area is 200 Å². The number of aliphatic hydroxyl groups is 2. The highest BCUT2D eigenvalue weighted by Crippen LogP contribution is 2.50. The van der Waals surface area contributed by atoms with Crippen molar-refractivity contribution in [3.8, 4) is 28.4 Å². The second-order valence-electron chi connectivity index (χ2n) is 8.80. The summed E-state index contributed by atoms with van der Waals surface area (Å²) in [6.07, 6.45) is 0.584. The number of phenolic OH excluding ortho intramolecular Hbond substituents is 2. The number of rotatable bonds is 5. The Hall–Kier alpha value is -3.82. The van der Waals surface area contributed by atoms with Gasteiger partial charge in [0.2, 0.25) is 0 Å². The fourth-order valence-electron chi connectivity index (χ4n) is 4.18. The van der Waals surface area contributed by atoms with E-state index in [2.05, 4.69) is 0 Å². The van der Waals surface area contributed by atoms with Gasteiger partial charge in [-0.3, -0.25) is 4.79 Å². The van der Waals surface area contributed by atoms with Crippen LogP contribution in [0.2, 0.25) is 0 Å². The minimum Gasteiger partial charge on any atom is -0.508 e. The minimum atomic E-state index is -1.09. The molecule has 9 heteroatoms. The molecule has 0 fully saturated rings. The van der Waals surface area contributed by atoms with Gasteiger partial charge < -0.3 is 34.3 Å². The van der Waals surface area contributed by atoms with Crippen LogP contribution in [0.25, 0.3) is 22.1 Å². The molecule has 1 aliphatic rings. The number of ether oxygens (including phenoxy) is 2. The maximum atomic E-state index is 12.9. The molecule has 1 aromatic heterocycles. The second-order valence-corrected chi connectivity index (χ2v) is 8.80. The van der Waals surface area contributed by atoms with Gasteiger partial charge in [0.05, 0.1) is 17.7 Å². The Balaban J connectivity index is 1.99. The van der Waals surface area contributed by atoms with Crippen LogP contribution in [-0.4, -0.2) is 44.7 Å². The number of hydrogen-bond acceptors (Lipinski definition) is 9. The Morgan fingerprint density at radius 2 is 1.97 bits per heavy atom. The third-order valence-electron chi connectivity index (χ3n) is 6.10. The summed E-state index contributed by atoms with van der Waals surface area (Å²) in [5, 5.41) is 40.1. The summed E-state index contributed by atoms with van der Waals surface area (Å²) >= 11 is 0. The van der Waals surface area contributed by atoms with Crippen LogP contribution in [0.1, 0.15) is 32.1 Å². The van der Waals surface area contributed by atoms with Gasteiger partial charge in [0, 0.05) is 18.1 Å². The number of hydrogen-bond donors (Lipinski definition) is 4. The van der Waals surface area contributed by atoms with Crippen molar-refractivity contribution >= 4 is 16.9 Å². The van der Waals surface area contributed by atoms with Gasteiger partial charge in [-0.1, -0.05) is 18.2 Å². The molecule has 0 unspecified atom stereocenters. The lowest BCUT2D eigenvalue weighted by molar-refractivity contribution is -0.157. The molecule has 9 nitrogen and oxygen atoms in total. The number of benzene rings is 2.